The summed E-state index contributed by atoms with van der Waals surface area (Å²) in [6.45, 7) is 0.631. The third kappa shape index (κ3) is 3.42. The minimum Gasteiger partial charge on any atom is -0.380 e. The van der Waals surface area contributed by atoms with Crippen LogP contribution in [0, 0.1) is 0 Å². The predicted molar refractivity (Wildman–Crippen MR) is 74.2 cm³/mol. The van der Waals surface area contributed by atoms with Crippen molar-refractivity contribution in [2.75, 3.05) is 7.11 Å². The fourth-order valence-corrected chi connectivity index (χ4v) is 2.07. The van der Waals surface area contributed by atoms with Crippen LogP contribution in [0.15, 0.2) is 54.6 Å². The zero-order chi connectivity index (χ0) is 12.8. The van der Waals surface area contributed by atoms with Crippen molar-refractivity contribution < 1.29 is 4.74 Å². The normalized spacial score (nSPS) is 12.3. The number of rotatable bonds is 5. The molecule has 94 valence electrons. The van der Waals surface area contributed by atoms with Gasteiger partial charge in [0.25, 0.3) is 0 Å². The third-order valence-electron chi connectivity index (χ3n) is 2.99. The average Bonchev–Trinajstić information content (AvgIpc) is 2.40. The van der Waals surface area contributed by atoms with E-state index in [0.29, 0.717) is 6.61 Å². The fraction of sp³-hybridized carbons (Fsp3) is 0.250. The first-order valence-corrected chi connectivity index (χ1v) is 6.17. The molecule has 2 heteroatoms. The van der Waals surface area contributed by atoms with Gasteiger partial charge in [0.15, 0.2) is 0 Å². The van der Waals surface area contributed by atoms with E-state index in [9.17, 15) is 0 Å². The largest absolute Gasteiger partial charge is 0.380 e. The number of hydrogen-bond donors (Lipinski definition) is 1. The Morgan fingerprint density at radius 2 is 1.72 bits per heavy atom. The van der Waals surface area contributed by atoms with E-state index < -0.39 is 0 Å². The van der Waals surface area contributed by atoms with E-state index in [1.54, 1.807) is 7.11 Å². The van der Waals surface area contributed by atoms with Gasteiger partial charge in [-0.3, -0.25) is 0 Å². The zero-order valence-electron chi connectivity index (χ0n) is 10.7. The number of benzene rings is 2. The van der Waals surface area contributed by atoms with Gasteiger partial charge in [0, 0.05) is 13.2 Å². The quantitative estimate of drug-likeness (QED) is 0.873. The highest BCUT2D eigenvalue weighted by Gasteiger charge is 2.07. The molecule has 0 saturated heterocycles. The first kappa shape index (κ1) is 12.8. The van der Waals surface area contributed by atoms with Crippen LogP contribution < -0.4 is 5.73 Å². The van der Waals surface area contributed by atoms with E-state index in [0.717, 1.165) is 12.0 Å². The standard InChI is InChI=1S/C16H19NO/c1-18-12-14-8-5-9-15(10-14)16(17)11-13-6-3-2-4-7-13/h2-10,16H,11-12,17H2,1H3. The van der Waals surface area contributed by atoms with Gasteiger partial charge in [-0.1, -0.05) is 54.6 Å². The summed E-state index contributed by atoms with van der Waals surface area (Å²) >= 11 is 0. The summed E-state index contributed by atoms with van der Waals surface area (Å²) in [7, 11) is 1.70. The lowest BCUT2D eigenvalue weighted by molar-refractivity contribution is 0.185. The molecule has 0 radical (unpaired) electrons. The molecule has 0 aliphatic rings. The van der Waals surface area contributed by atoms with E-state index in [1.165, 1.54) is 11.1 Å². The van der Waals surface area contributed by atoms with Crippen molar-refractivity contribution in [3.63, 3.8) is 0 Å². The third-order valence-corrected chi connectivity index (χ3v) is 2.99. The molecule has 2 aromatic rings. The Hall–Kier alpha value is -1.64. The Labute approximate surface area is 108 Å². The molecule has 2 aromatic carbocycles. The molecule has 2 nitrogen and oxygen atoms in total. The van der Waals surface area contributed by atoms with E-state index in [2.05, 4.69) is 30.3 Å². The van der Waals surface area contributed by atoms with Crippen molar-refractivity contribution in [2.24, 2.45) is 5.73 Å². The molecule has 0 aliphatic carbocycles. The Balaban J connectivity index is 2.08. The number of methoxy groups -OCH3 is 1. The van der Waals surface area contributed by atoms with Crippen LogP contribution in [0.3, 0.4) is 0 Å². The summed E-state index contributed by atoms with van der Waals surface area (Å²) in [4.78, 5) is 0. The van der Waals surface area contributed by atoms with Crippen LogP contribution in [0.1, 0.15) is 22.7 Å². The minimum atomic E-state index is 0.0317. The molecule has 1 atom stereocenters. The molecule has 0 aromatic heterocycles. The van der Waals surface area contributed by atoms with Crippen molar-refractivity contribution in [3.8, 4) is 0 Å². The van der Waals surface area contributed by atoms with E-state index >= 15 is 0 Å². The lowest BCUT2D eigenvalue weighted by Crippen LogP contribution is -2.13. The molecule has 0 amide bonds. The van der Waals surface area contributed by atoms with Gasteiger partial charge in [-0.2, -0.15) is 0 Å². The maximum absolute atomic E-state index is 6.25. The summed E-state index contributed by atoms with van der Waals surface area (Å²) in [6, 6.07) is 18.7. The SMILES string of the molecule is COCc1cccc(C(N)Cc2ccccc2)c1. The molecule has 0 spiro atoms. The maximum atomic E-state index is 6.25. The first-order valence-electron chi connectivity index (χ1n) is 6.17. The molecule has 2 N–H and O–H groups in total. The van der Waals surface area contributed by atoms with E-state index in [4.69, 9.17) is 10.5 Å². The number of nitrogens with two attached hydrogens (primary N) is 1. The first-order chi connectivity index (χ1) is 8.79. The zero-order valence-corrected chi connectivity index (χ0v) is 10.7. The van der Waals surface area contributed by atoms with Gasteiger partial charge in [-0.15, -0.1) is 0 Å². The molecule has 0 bridgehead atoms. The van der Waals surface area contributed by atoms with Crippen LogP contribution in [0.5, 0.6) is 0 Å². The second-order valence-corrected chi connectivity index (χ2v) is 4.47. The van der Waals surface area contributed by atoms with Gasteiger partial charge >= 0.3 is 0 Å². The van der Waals surface area contributed by atoms with Crippen LogP contribution in [-0.2, 0) is 17.8 Å². The van der Waals surface area contributed by atoms with Crippen molar-refractivity contribution in [1.82, 2.24) is 0 Å². The molecule has 0 saturated carbocycles. The van der Waals surface area contributed by atoms with Gasteiger partial charge < -0.3 is 10.5 Å². The van der Waals surface area contributed by atoms with E-state index in [-0.39, 0.29) is 6.04 Å². The Morgan fingerprint density at radius 1 is 1.00 bits per heavy atom. The van der Waals surface area contributed by atoms with Crippen LogP contribution in [0.2, 0.25) is 0 Å². The molecule has 0 fully saturated rings. The minimum absolute atomic E-state index is 0.0317. The highest BCUT2D eigenvalue weighted by molar-refractivity contribution is 5.27. The Morgan fingerprint density at radius 3 is 2.44 bits per heavy atom. The maximum Gasteiger partial charge on any atom is 0.0713 e. The summed E-state index contributed by atoms with van der Waals surface area (Å²) < 4.78 is 5.14. The molecule has 18 heavy (non-hydrogen) atoms. The van der Waals surface area contributed by atoms with Crippen molar-refractivity contribution >= 4 is 0 Å². The average molecular weight is 241 g/mol. The van der Waals surface area contributed by atoms with Gasteiger partial charge in [0.1, 0.15) is 0 Å². The van der Waals surface area contributed by atoms with Gasteiger partial charge in [-0.05, 0) is 23.1 Å². The molecule has 0 aliphatic heterocycles. The van der Waals surface area contributed by atoms with Crippen molar-refractivity contribution in [3.05, 3.63) is 71.3 Å². The summed E-state index contributed by atoms with van der Waals surface area (Å²) in [5.74, 6) is 0. The van der Waals surface area contributed by atoms with Crippen molar-refractivity contribution in [1.29, 1.82) is 0 Å². The fourth-order valence-electron chi connectivity index (χ4n) is 2.07. The van der Waals surface area contributed by atoms with Crippen LogP contribution in [0.4, 0.5) is 0 Å². The molecular weight excluding hydrogens is 222 g/mol. The van der Waals surface area contributed by atoms with Crippen LogP contribution >= 0.6 is 0 Å². The van der Waals surface area contributed by atoms with Gasteiger partial charge in [0.2, 0.25) is 0 Å². The summed E-state index contributed by atoms with van der Waals surface area (Å²) in [6.07, 6.45) is 0.858. The second-order valence-electron chi connectivity index (χ2n) is 4.47. The predicted octanol–water partition coefficient (Wildman–Crippen LogP) is 3.08. The Bertz CT molecular complexity index is 481. The van der Waals surface area contributed by atoms with Gasteiger partial charge in [0.05, 0.1) is 6.61 Å². The molecular formula is C16H19NO. The smallest absolute Gasteiger partial charge is 0.0713 e. The van der Waals surface area contributed by atoms with Crippen LogP contribution in [0.25, 0.3) is 0 Å². The highest BCUT2D eigenvalue weighted by Crippen LogP contribution is 2.17. The number of hydrogen-bond acceptors (Lipinski definition) is 2. The number of ether oxygens (including phenoxy) is 1. The molecule has 2 rings (SSSR count). The topological polar surface area (TPSA) is 35.2 Å². The van der Waals surface area contributed by atoms with Crippen LogP contribution in [-0.4, -0.2) is 7.11 Å². The molecule has 1 unspecified atom stereocenters. The lowest BCUT2D eigenvalue weighted by atomic mass is 9.98. The second kappa shape index (κ2) is 6.34. The lowest BCUT2D eigenvalue weighted by Gasteiger charge is -2.13. The van der Waals surface area contributed by atoms with E-state index in [1.807, 2.05) is 24.3 Å². The highest BCUT2D eigenvalue weighted by atomic mass is 16.5. The Kier molecular flexibility index (Phi) is 4.51. The van der Waals surface area contributed by atoms with Crippen molar-refractivity contribution in [2.45, 2.75) is 19.1 Å². The summed E-state index contributed by atoms with van der Waals surface area (Å²) in [5.41, 5.74) is 9.84. The monoisotopic (exact) mass is 241 g/mol. The molecule has 0 heterocycles. The summed E-state index contributed by atoms with van der Waals surface area (Å²) in [5, 5.41) is 0. The van der Waals surface area contributed by atoms with Gasteiger partial charge in [-0.25, -0.2) is 0 Å².